The summed E-state index contributed by atoms with van der Waals surface area (Å²) in [6, 6.07) is 0.487. The van der Waals surface area contributed by atoms with E-state index in [2.05, 4.69) is 5.32 Å². The van der Waals surface area contributed by atoms with E-state index in [0.717, 1.165) is 5.92 Å². The number of carbonyl (C=O) groups is 1. The number of nitrogens with one attached hydrogen (secondary N) is 1. The predicted octanol–water partition coefficient (Wildman–Crippen LogP) is 1.21. The van der Waals surface area contributed by atoms with Crippen molar-refractivity contribution in [2.45, 2.75) is 32.2 Å². The Balaban J connectivity index is 2.16. The largest absolute Gasteiger partial charge is 0.316 e. The minimum absolute atomic E-state index is 0.328. The summed E-state index contributed by atoms with van der Waals surface area (Å²) in [4.78, 5) is 11.4. The van der Waals surface area contributed by atoms with Crippen molar-refractivity contribution >= 4 is 5.78 Å². The topological polar surface area (TPSA) is 29.1 Å². The van der Waals surface area contributed by atoms with Gasteiger partial charge in [-0.2, -0.15) is 0 Å². The predicted molar refractivity (Wildman–Crippen MR) is 47.8 cm³/mol. The van der Waals surface area contributed by atoms with E-state index in [4.69, 9.17) is 0 Å². The van der Waals surface area contributed by atoms with Crippen LogP contribution in [0.1, 0.15) is 26.2 Å². The van der Waals surface area contributed by atoms with Crippen molar-refractivity contribution in [3.05, 3.63) is 0 Å². The summed E-state index contributed by atoms with van der Waals surface area (Å²) >= 11 is 0. The smallest absolute Gasteiger partial charge is 0.134 e. The van der Waals surface area contributed by atoms with Gasteiger partial charge in [-0.3, -0.25) is 4.79 Å². The van der Waals surface area contributed by atoms with Gasteiger partial charge < -0.3 is 5.32 Å². The highest BCUT2D eigenvalue weighted by atomic mass is 16.1. The van der Waals surface area contributed by atoms with E-state index in [9.17, 15) is 4.79 Å². The van der Waals surface area contributed by atoms with Crippen LogP contribution in [0.15, 0.2) is 0 Å². The number of Topliss-reactive ketones (excluding diaryl/α,β-unsaturated/α-hetero) is 1. The van der Waals surface area contributed by atoms with E-state index in [1.54, 1.807) is 6.92 Å². The molecule has 0 amide bonds. The molecule has 0 saturated heterocycles. The number of carbonyl (C=O) groups excluding carboxylic acids is 1. The molecule has 2 saturated carbocycles. The van der Waals surface area contributed by atoms with Gasteiger partial charge in [0.15, 0.2) is 0 Å². The third kappa shape index (κ3) is 1.01. The molecule has 0 unspecified atom stereocenters. The van der Waals surface area contributed by atoms with Gasteiger partial charge in [0.05, 0.1) is 0 Å². The molecule has 0 aliphatic heterocycles. The average molecular weight is 167 g/mol. The molecule has 0 radical (unpaired) electrons. The van der Waals surface area contributed by atoms with Gasteiger partial charge in [-0.1, -0.05) is 0 Å². The molecule has 2 aliphatic carbocycles. The second-order valence-electron chi connectivity index (χ2n) is 4.28. The van der Waals surface area contributed by atoms with Crippen molar-refractivity contribution < 1.29 is 4.79 Å². The molecule has 2 bridgehead atoms. The van der Waals surface area contributed by atoms with Crippen LogP contribution in [0.5, 0.6) is 0 Å². The van der Waals surface area contributed by atoms with Gasteiger partial charge in [-0.25, -0.2) is 0 Å². The summed E-state index contributed by atoms with van der Waals surface area (Å²) in [5.41, 5.74) is 0. The highest BCUT2D eigenvalue weighted by molar-refractivity contribution is 5.80. The molecule has 68 valence electrons. The summed E-state index contributed by atoms with van der Waals surface area (Å²) in [7, 11) is 1.99. The van der Waals surface area contributed by atoms with Gasteiger partial charge in [-0.15, -0.1) is 0 Å². The Hall–Kier alpha value is -0.370. The lowest BCUT2D eigenvalue weighted by molar-refractivity contribution is -0.122. The van der Waals surface area contributed by atoms with E-state index >= 15 is 0 Å². The highest BCUT2D eigenvalue weighted by Crippen LogP contribution is 2.48. The molecule has 0 heterocycles. The zero-order valence-electron chi connectivity index (χ0n) is 7.84. The molecule has 0 aromatic heterocycles. The molecule has 0 spiro atoms. The molecule has 2 heteroatoms. The van der Waals surface area contributed by atoms with E-state index in [1.165, 1.54) is 19.3 Å². The minimum atomic E-state index is 0.328. The summed E-state index contributed by atoms with van der Waals surface area (Å²) in [5, 5.41) is 3.31. The van der Waals surface area contributed by atoms with Crippen molar-refractivity contribution in [2.24, 2.45) is 17.8 Å². The normalized spacial score (nSPS) is 45.2. The third-order valence-electron chi connectivity index (χ3n) is 3.72. The first-order chi connectivity index (χ1) is 5.74. The molecule has 1 N–H and O–H groups in total. The van der Waals surface area contributed by atoms with Crippen molar-refractivity contribution in [3.63, 3.8) is 0 Å². The molecule has 2 nitrogen and oxygen atoms in total. The van der Waals surface area contributed by atoms with Gasteiger partial charge in [-0.05, 0) is 45.1 Å². The lowest BCUT2D eigenvalue weighted by Gasteiger charge is -2.28. The lowest BCUT2D eigenvalue weighted by Crippen LogP contribution is -2.41. The van der Waals surface area contributed by atoms with Crippen molar-refractivity contribution in [3.8, 4) is 0 Å². The minimum Gasteiger partial charge on any atom is -0.316 e. The van der Waals surface area contributed by atoms with Gasteiger partial charge in [0.25, 0.3) is 0 Å². The SMILES string of the molecule is CN[C@H]1[C@H]2CC[C@H](C2)[C@H]1C(C)=O. The van der Waals surface area contributed by atoms with Crippen molar-refractivity contribution in [2.75, 3.05) is 7.05 Å². The maximum atomic E-state index is 11.4. The number of ketones is 1. The average Bonchev–Trinajstić information content (AvgIpc) is 2.60. The zero-order chi connectivity index (χ0) is 8.72. The van der Waals surface area contributed by atoms with Crippen LogP contribution >= 0.6 is 0 Å². The van der Waals surface area contributed by atoms with Crippen LogP contribution in [-0.2, 0) is 4.79 Å². The fraction of sp³-hybridized carbons (Fsp3) is 0.900. The van der Waals surface area contributed by atoms with E-state index in [0.29, 0.717) is 23.7 Å². The Bertz CT molecular complexity index is 202. The van der Waals surface area contributed by atoms with Gasteiger partial charge >= 0.3 is 0 Å². The quantitative estimate of drug-likeness (QED) is 0.669. The second-order valence-corrected chi connectivity index (χ2v) is 4.28. The Morgan fingerprint density at radius 2 is 2.00 bits per heavy atom. The molecule has 0 aromatic rings. The molecule has 4 atom stereocenters. The van der Waals surface area contributed by atoms with Gasteiger partial charge in [0.2, 0.25) is 0 Å². The first kappa shape index (κ1) is 8.24. The Kier molecular flexibility index (Phi) is 1.95. The summed E-state index contributed by atoms with van der Waals surface area (Å²) in [6.07, 6.45) is 3.91. The number of fused-ring (bicyclic) bond motifs is 2. The molecule has 2 rings (SSSR count). The van der Waals surface area contributed by atoms with Crippen LogP contribution in [0.25, 0.3) is 0 Å². The van der Waals surface area contributed by atoms with Gasteiger partial charge in [0.1, 0.15) is 5.78 Å². The van der Waals surface area contributed by atoms with Crippen LogP contribution in [0.4, 0.5) is 0 Å². The summed E-state index contributed by atoms with van der Waals surface area (Å²) in [5.74, 6) is 2.20. The maximum absolute atomic E-state index is 11.4. The Morgan fingerprint density at radius 1 is 1.33 bits per heavy atom. The summed E-state index contributed by atoms with van der Waals surface area (Å²) in [6.45, 7) is 1.75. The second kappa shape index (κ2) is 2.84. The third-order valence-corrected chi connectivity index (χ3v) is 3.72. The molecular weight excluding hydrogens is 150 g/mol. The van der Waals surface area contributed by atoms with Crippen LogP contribution in [0, 0.1) is 17.8 Å². The van der Waals surface area contributed by atoms with Crippen LogP contribution in [0.3, 0.4) is 0 Å². The number of hydrogen-bond acceptors (Lipinski definition) is 2. The first-order valence-electron chi connectivity index (χ1n) is 4.91. The van der Waals surface area contributed by atoms with E-state index in [1.807, 2.05) is 7.05 Å². The number of hydrogen-bond donors (Lipinski definition) is 1. The summed E-state index contributed by atoms with van der Waals surface area (Å²) < 4.78 is 0. The zero-order valence-corrected chi connectivity index (χ0v) is 7.84. The van der Waals surface area contributed by atoms with Gasteiger partial charge in [0, 0.05) is 12.0 Å². The first-order valence-corrected chi connectivity index (χ1v) is 4.91. The van der Waals surface area contributed by atoms with Crippen LogP contribution in [-0.4, -0.2) is 18.9 Å². The van der Waals surface area contributed by atoms with Crippen molar-refractivity contribution in [1.82, 2.24) is 5.32 Å². The molecule has 0 aromatic carbocycles. The fourth-order valence-electron chi connectivity index (χ4n) is 3.29. The van der Waals surface area contributed by atoms with Crippen molar-refractivity contribution in [1.29, 1.82) is 0 Å². The number of rotatable bonds is 2. The Labute approximate surface area is 73.7 Å². The highest BCUT2D eigenvalue weighted by Gasteiger charge is 2.48. The molecular formula is C10H17NO. The maximum Gasteiger partial charge on any atom is 0.134 e. The van der Waals surface area contributed by atoms with E-state index < -0.39 is 0 Å². The Morgan fingerprint density at radius 3 is 2.50 bits per heavy atom. The van der Waals surface area contributed by atoms with Crippen LogP contribution in [0.2, 0.25) is 0 Å². The monoisotopic (exact) mass is 167 g/mol. The lowest BCUT2D eigenvalue weighted by atomic mass is 9.82. The molecule has 2 aliphatic rings. The molecule has 12 heavy (non-hydrogen) atoms. The fourth-order valence-corrected chi connectivity index (χ4v) is 3.29. The van der Waals surface area contributed by atoms with E-state index in [-0.39, 0.29) is 0 Å². The standard InChI is InChI=1S/C10H17NO/c1-6(12)9-7-3-4-8(5-7)10(9)11-2/h7-11H,3-5H2,1-2H3/t7-,8+,9-,10+/m1/s1. The molecule has 2 fully saturated rings. The van der Waals surface area contributed by atoms with Crippen LogP contribution < -0.4 is 5.32 Å².